The smallest absolute Gasteiger partial charge is 0.142 e. The lowest BCUT2D eigenvalue weighted by Crippen LogP contribution is -2.46. The molecule has 0 unspecified atom stereocenters. The minimum atomic E-state index is -0.433. The number of halogens is 2. The summed E-state index contributed by atoms with van der Waals surface area (Å²) < 4.78 is 13.4. The van der Waals surface area contributed by atoms with Crippen molar-refractivity contribution in [2.75, 3.05) is 32.8 Å². The number of aliphatic hydroxyl groups excluding tert-OH is 1. The van der Waals surface area contributed by atoms with Crippen LogP contribution in [0.2, 0.25) is 5.02 Å². The zero-order valence-electron chi connectivity index (χ0n) is 9.50. The molecule has 1 aromatic rings. The maximum atomic E-state index is 13.4. The molecule has 2 N–H and O–H groups in total. The number of nitrogens with zero attached hydrogens (tertiary/aromatic N) is 1. The molecule has 5 heteroatoms. The average molecular weight is 259 g/mol. The largest absolute Gasteiger partial charge is 0.394 e. The lowest BCUT2D eigenvalue weighted by molar-refractivity contribution is 0.110. The van der Waals surface area contributed by atoms with Crippen LogP contribution in [0.1, 0.15) is 11.6 Å². The third-order valence-electron chi connectivity index (χ3n) is 3.11. The van der Waals surface area contributed by atoms with Gasteiger partial charge in [0, 0.05) is 26.2 Å². The fourth-order valence-corrected chi connectivity index (χ4v) is 2.43. The van der Waals surface area contributed by atoms with Crippen molar-refractivity contribution in [3.8, 4) is 0 Å². The molecule has 0 bridgehead atoms. The molecule has 0 amide bonds. The summed E-state index contributed by atoms with van der Waals surface area (Å²) in [6.07, 6.45) is 0. The van der Waals surface area contributed by atoms with Crippen LogP contribution >= 0.6 is 11.6 Å². The van der Waals surface area contributed by atoms with Gasteiger partial charge in [-0.15, -0.1) is 0 Å². The normalized spacial score (nSPS) is 19.2. The van der Waals surface area contributed by atoms with Gasteiger partial charge in [0.2, 0.25) is 0 Å². The predicted molar refractivity (Wildman–Crippen MR) is 65.7 cm³/mol. The molecule has 3 nitrogen and oxygen atoms in total. The molecular formula is C12H16ClFN2O. The Morgan fingerprint density at radius 2 is 2.12 bits per heavy atom. The Kier molecular flexibility index (Phi) is 4.34. The van der Waals surface area contributed by atoms with Gasteiger partial charge >= 0.3 is 0 Å². The van der Waals surface area contributed by atoms with Gasteiger partial charge in [-0.2, -0.15) is 0 Å². The Labute approximate surface area is 105 Å². The van der Waals surface area contributed by atoms with Gasteiger partial charge in [0.15, 0.2) is 0 Å². The van der Waals surface area contributed by atoms with Crippen molar-refractivity contribution in [2.45, 2.75) is 6.04 Å². The van der Waals surface area contributed by atoms with E-state index in [1.54, 1.807) is 12.1 Å². The summed E-state index contributed by atoms with van der Waals surface area (Å²) in [5.74, 6) is -0.433. The first kappa shape index (κ1) is 12.8. The second-order valence-electron chi connectivity index (χ2n) is 4.13. The van der Waals surface area contributed by atoms with E-state index in [1.807, 2.05) is 0 Å². The fourth-order valence-electron chi connectivity index (χ4n) is 2.18. The van der Waals surface area contributed by atoms with E-state index >= 15 is 0 Å². The number of aliphatic hydroxyl groups is 1. The van der Waals surface area contributed by atoms with Gasteiger partial charge in [0.25, 0.3) is 0 Å². The summed E-state index contributed by atoms with van der Waals surface area (Å²) in [5.41, 5.74) is 0.663. The molecule has 0 aromatic heterocycles. The summed E-state index contributed by atoms with van der Waals surface area (Å²) in [6, 6.07) is 4.51. The highest BCUT2D eigenvalue weighted by molar-refractivity contribution is 6.31. The molecule has 94 valence electrons. The van der Waals surface area contributed by atoms with Crippen molar-refractivity contribution in [3.05, 3.63) is 34.6 Å². The Bertz CT molecular complexity index is 383. The maximum absolute atomic E-state index is 13.4. The van der Waals surface area contributed by atoms with Crippen molar-refractivity contribution < 1.29 is 9.50 Å². The van der Waals surface area contributed by atoms with E-state index in [0.29, 0.717) is 5.56 Å². The highest BCUT2D eigenvalue weighted by Gasteiger charge is 2.24. The topological polar surface area (TPSA) is 35.5 Å². The second-order valence-corrected chi connectivity index (χ2v) is 4.51. The molecular weight excluding hydrogens is 243 g/mol. The van der Waals surface area contributed by atoms with Gasteiger partial charge in [-0.05, 0) is 11.6 Å². The molecule has 0 saturated carbocycles. The van der Waals surface area contributed by atoms with Crippen molar-refractivity contribution in [1.29, 1.82) is 0 Å². The zero-order valence-corrected chi connectivity index (χ0v) is 10.3. The molecule has 0 spiro atoms. The molecule has 0 aliphatic carbocycles. The van der Waals surface area contributed by atoms with Crippen LogP contribution in [0.15, 0.2) is 18.2 Å². The summed E-state index contributed by atoms with van der Waals surface area (Å²) >= 11 is 5.96. The van der Waals surface area contributed by atoms with Crippen molar-refractivity contribution >= 4 is 11.6 Å². The van der Waals surface area contributed by atoms with E-state index in [0.717, 1.165) is 26.2 Å². The summed E-state index contributed by atoms with van der Waals surface area (Å²) in [6.45, 7) is 3.37. The monoisotopic (exact) mass is 258 g/mol. The van der Waals surface area contributed by atoms with Crippen LogP contribution in [0, 0.1) is 5.82 Å². The number of hydrogen-bond acceptors (Lipinski definition) is 3. The summed E-state index contributed by atoms with van der Waals surface area (Å²) in [5, 5.41) is 12.9. The SMILES string of the molecule is OC[C@@H](c1cccc(F)c1Cl)N1CCNCC1. The molecule has 1 fully saturated rings. The Morgan fingerprint density at radius 1 is 1.41 bits per heavy atom. The summed E-state index contributed by atoms with van der Waals surface area (Å²) in [4.78, 5) is 2.12. The number of benzene rings is 1. The van der Waals surface area contributed by atoms with Crippen molar-refractivity contribution in [1.82, 2.24) is 10.2 Å². The number of rotatable bonds is 3. The first-order valence-electron chi connectivity index (χ1n) is 5.73. The third-order valence-corrected chi connectivity index (χ3v) is 3.50. The molecule has 1 aliphatic heterocycles. The Hall–Kier alpha value is -0.680. The Morgan fingerprint density at radius 3 is 2.76 bits per heavy atom. The van der Waals surface area contributed by atoms with Crippen LogP contribution in [-0.4, -0.2) is 42.8 Å². The van der Waals surface area contributed by atoms with E-state index in [1.165, 1.54) is 6.07 Å². The lowest BCUT2D eigenvalue weighted by Gasteiger charge is -2.34. The third kappa shape index (κ3) is 2.77. The zero-order chi connectivity index (χ0) is 12.3. The van der Waals surface area contributed by atoms with Crippen molar-refractivity contribution in [2.24, 2.45) is 0 Å². The van der Waals surface area contributed by atoms with Crippen molar-refractivity contribution in [3.63, 3.8) is 0 Å². The molecule has 1 saturated heterocycles. The standard InChI is InChI=1S/C12H16ClFN2O/c13-12-9(2-1-3-10(12)14)11(8-17)16-6-4-15-5-7-16/h1-3,11,15,17H,4-8H2/t11-/m0/s1. The van der Waals surface area contributed by atoms with E-state index < -0.39 is 5.82 Å². The van der Waals surface area contributed by atoms with Crippen LogP contribution in [0.4, 0.5) is 4.39 Å². The number of nitrogens with one attached hydrogen (secondary N) is 1. The van der Waals surface area contributed by atoms with Gasteiger partial charge in [0.05, 0.1) is 17.7 Å². The van der Waals surface area contributed by atoms with Gasteiger partial charge in [0.1, 0.15) is 5.82 Å². The Balaban J connectivity index is 2.24. The molecule has 17 heavy (non-hydrogen) atoms. The highest BCUT2D eigenvalue weighted by atomic mass is 35.5. The minimum Gasteiger partial charge on any atom is -0.394 e. The van der Waals surface area contributed by atoms with Gasteiger partial charge < -0.3 is 10.4 Å². The van der Waals surface area contributed by atoms with Crippen LogP contribution in [-0.2, 0) is 0 Å². The number of hydrogen-bond donors (Lipinski definition) is 2. The maximum Gasteiger partial charge on any atom is 0.142 e. The van der Waals surface area contributed by atoms with Gasteiger partial charge in [-0.1, -0.05) is 23.7 Å². The van der Waals surface area contributed by atoms with Crippen LogP contribution in [0.5, 0.6) is 0 Å². The molecule has 1 aromatic carbocycles. The van der Waals surface area contributed by atoms with E-state index in [2.05, 4.69) is 10.2 Å². The molecule has 0 radical (unpaired) electrons. The van der Waals surface area contributed by atoms with E-state index in [-0.39, 0.29) is 17.7 Å². The molecule has 1 aliphatic rings. The molecule has 2 rings (SSSR count). The van der Waals surface area contributed by atoms with Crippen LogP contribution in [0.3, 0.4) is 0 Å². The quantitative estimate of drug-likeness (QED) is 0.861. The first-order chi connectivity index (χ1) is 8.24. The lowest BCUT2D eigenvalue weighted by atomic mass is 10.0. The second kappa shape index (κ2) is 5.78. The van der Waals surface area contributed by atoms with Gasteiger partial charge in [-0.3, -0.25) is 4.90 Å². The molecule has 1 heterocycles. The fraction of sp³-hybridized carbons (Fsp3) is 0.500. The number of piperazine rings is 1. The van der Waals surface area contributed by atoms with Crippen LogP contribution in [0.25, 0.3) is 0 Å². The van der Waals surface area contributed by atoms with E-state index in [9.17, 15) is 9.50 Å². The summed E-state index contributed by atoms with van der Waals surface area (Å²) in [7, 11) is 0. The van der Waals surface area contributed by atoms with Crippen LogP contribution < -0.4 is 5.32 Å². The van der Waals surface area contributed by atoms with Gasteiger partial charge in [-0.25, -0.2) is 4.39 Å². The molecule has 1 atom stereocenters. The predicted octanol–water partition coefficient (Wildman–Crippen LogP) is 1.42. The first-order valence-corrected chi connectivity index (χ1v) is 6.11. The van der Waals surface area contributed by atoms with E-state index in [4.69, 9.17) is 11.6 Å². The highest BCUT2D eigenvalue weighted by Crippen LogP contribution is 2.29. The minimum absolute atomic E-state index is 0.0524. The average Bonchev–Trinajstić information content (AvgIpc) is 2.37.